The second-order valence-corrected chi connectivity index (χ2v) is 2.71. The first kappa shape index (κ1) is 6.67. The maximum atomic E-state index is 5.53. The molecule has 2 heterocycles. The molecular formula is C7H12N4. The quantitative estimate of drug-likeness (QED) is 0.602. The predicted octanol–water partition coefficient (Wildman–Crippen LogP) is 0.157. The van der Waals surface area contributed by atoms with Gasteiger partial charge in [0.25, 0.3) is 0 Å². The Bertz CT molecular complexity index is 239. The van der Waals surface area contributed by atoms with Crippen molar-refractivity contribution in [2.24, 2.45) is 5.73 Å². The predicted molar refractivity (Wildman–Crippen MR) is 43.2 cm³/mol. The largest absolute Gasteiger partial charge is 0.356 e. The van der Waals surface area contributed by atoms with Crippen LogP contribution in [0.4, 0.5) is 5.95 Å². The summed E-state index contributed by atoms with van der Waals surface area (Å²) in [5.41, 5.74) is 6.65. The zero-order valence-corrected chi connectivity index (χ0v) is 6.38. The second-order valence-electron chi connectivity index (χ2n) is 2.71. The second kappa shape index (κ2) is 2.54. The van der Waals surface area contributed by atoms with Gasteiger partial charge in [-0.15, -0.1) is 0 Å². The minimum atomic E-state index is 0.578. The molecule has 0 unspecified atom stereocenters. The number of fused-ring (bicyclic) bond motifs is 1. The van der Waals surface area contributed by atoms with Crippen LogP contribution in [0.3, 0.4) is 0 Å². The highest BCUT2D eigenvalue weighted by Gasteiger charge is 2.11. The molecule has 1 aliphatic heterocycles. The molecule has 2 rings (SSSR count). The van der Waals surface area contributed by atoms with Gasteiger partial charge in [-0.05, 0) is 6.42 Å². The average molecular weight is 152 g/mol. The molecule has 3 N–H and O–H groups in total. The van der Waals surface area contributed by atoms with Gasteiger partial charge in [0.2, 0.25) is 5.95 Å². The Morgan fingerprint density at radius 2 is 2.64 bits per heavy atom. The number of rotatable bonds is 1. The molecule has 1 aliphatic rings. The van der Waals surface area contributed by atoms with Crippen LogP contribution in [0.1, 0.15) is 12.1 Å². The van der Waals surface area contributed by atoms with Gasteiger partial charge in [-0.3, -0.25) is 0 Å². The van der Waals surface area contributed by atoms with Crippen molar-refractivity contribution in [3.8, 4) is 0 Å². The van der Waals surface area contributed by atoms with E-state index in [0.29, 0.717) is 6.54 Å². The van der Waals surface area contributed by atoms with Crippen molar-refractivity contribution in [1.29, 1.82) is 0 Å². The van der Waals surface area contributed by atoms with Gasteiger partial charge in [0.15, 0.2) is 0 Å². The molecule has 0 saturated heterocycles. The number of nitrogens with zero attached hydrogens (tertiary/aromatic N) is 2. The van der Waals surface area contributed by atoms with Crippen LogP contribution in [0, 0.1) is 0 Å². The lowest BCUT2D eigenvalue weighted by Crippen LogP contribution is -2.19. The van der Waals surface area contributed by atoms with Crippen molar-refractivity contribution in [3.05, 3.63) is 11.9 Å². The third-order valence-corrected chi connectivity index (χ3v) is 1.99. The molecule has 1 aromatic rings. The Morgan fingerprint density at radius 3 is 3.45 bits per heavy atom. The first-order chi connectivity index (χ1) is 5.42. The normalized spacial score (nSPS) is 15.7. The highest BCUT2D eigenvalue weighted by Crippen LogP contribution is 2.14. The summed E-state index contributed by atoms with van der Waals surface area (Å²) in [6.07, 6.45) is 3.00. The first-order valence-electron chi connectivity index (χ1n) is 3.90. The van der Waals surface area contributed by atoms with Crippen molar-refractivity contribution in [1.82, 2.24) is 9.55 Å². The zero-order chi connectivity index (χ0) is 7.68. The summed E-state index contributed by atoms with van der Waals surface area (Å²) in [6.45, 7) is 2.66. The summed E-state index contributed by atoms with van der Waals surface area (Å²) in [4.78, 5) is 4.20. The summed E-state index contributed by atoms with van der Waals surface area (Å²) in [5.74, 6) is 0.969. The Kier molecular flexibility index (Phi) is 1.54. The average Bonchev–Trinajstić information content (AvgIpc) is 2.47. The Hall–Kier alpha value is -1.03. The molecule has 0 spiro atoms. The third kappa shape index (κ3) is 0.991. The Labute approximate surface area is 65.4 Å². The van der Waals surface area contributed by atoms with Gasteiger partial charge in [-0.25, -0.2) is 4.98 Å². The van der Waals surface area contributed by atoms with E-state index >= 15 is 0 Å². The van der Waals surface area contributed by atoms with Crippen molar-refractivity contribution in [3.63, 3.8) is 0 Å². The molecule has 0 amide bonds. The number of nitrogens with two attached hydrogens (primary N) is 1. The van der Waals surface area contributed by atoms with Gasteiger partial charge < -0.3 is 15.6 Å². The fourth-order valence-electron chi connectivity index (χ4n) is 1.40. The van der Waals surface area contributed by atoms with Crippen LogP contribution in [0.5, 0.6) is 0 Å². The van der Waals surface area contributed by atoms with Crippen molar-refractivity contribution in [2.75, 3.05) is 11.9 Å². The van der Waals surface area contributed by atoms with E-state index in [1.807, 2.05) is 6.20 Å². The maximum Gasteiger partial charge on any atom is 0.203 e. The lowest BCUT2D eigenvalue weighted by atomic mass is 10.3. The van der Waals surface area contributed by atoms with Crippen LogP contribution < -0.4 is 11.1 Å². The molecule has 0 atom stereocenters. The lowest BCUT2D eigenvalue weighted by Gasteiger charge is -2.16. The number of hydrogen-bond donors (Lipinski definition) is 2. The molecule has 60 valence electrons. The monoisotopic (exact) mass is 152 g/mol. The molecule has 11 heavy (non-hydrogen) atoms. The molecular weight excluding hydrogens is 140 g/mol. The van der Waals surface area contributed by atoms with Crippen molar-refractivity contribution < 1.29 is 0 Å². The van der Waals surface area contributed by atoms with E-state index < -0.39 is 0 Å². The zero-order valence-electron chi connectivity index (χ0n) is 6.38. The summed E-state index contributed by atoms with van der Waals surface area (Å²) in [6, 6.07) is 0. The molecule has 4 nitrogen and oxygen atoms in total. The van der Waals surface area contributed by atoms with Crippen LogP contribution in [0.25, 0.3) is 0 Å². The minimum absolute atomic E-state index is 0.578. The molecule has 0 radical (unpaired) electrons. The molecule has 4 heteroatoms. The first-order valence-corrected chi connectivity index (χ1v) is 3.90. The summed E-state index contributed by atoms with van der Waals surface area (Å²) in [7, 11) is 0. The standard InChI is InChI=1S/C7H12N4/c8-4-6-5-10-7-9-2-1-3-11(6)7/h5H,1-4,8H2,(H,9,10). The Morgan fingerprint density at radius 1 is 1.73 bits per heavy atom. The lowest BCUT2D eigenvalue weighted by molar-refractivity contribution is 0.604. The van der Waals surface area contributed by atoms with Gasteiger partial charge in [0.05, 0.1) is 11.9 Å². The maximum absolute atomic E-state index is 5.53. The van der Waals surface area contributed by atoms with Crippen molar-refractivity contribution in [2.45, 2.75) is 19.5 Å². The number of imidazole rings is 1. The number of anilines is 1. The smallest absolute Gasteiger partial charge is 0.203 e. The van der Waals surface area contributed by atoms with E-state index in [9.17, 15) is 0 Å². The van der Waals surface area contributed by atoms with E-state index in [1.165, 1.54) is 0 Å². The molecule has 0 saturated carbocycles. The topological polar surface area (TPSA) is 55.9 Å². The highest BCUT2D eigenvalue weighted by molar-refractivity contribution is 5.30. The van der Waals surface area contributed by atoms with Crippen LogP contribution in [-0.2, 0) is 13.1 Å². The summed E-state index contributed by atoms with van der Waals surface area (Å²) >= 11 is 0. The molecule has 1 aromatic heterocycles. The molecule has 0 aliphatic carbocycles. The van der Waals surface area contributed by atoms with Gasteiger partial charge in [0.1, 0.15) is 0 Å². The number of hydrogen-bond acceptors (Lipinski definition) is 3. The van der Waals surface area contributed by atoms with E-state index in [2.05, 4.69) is 14.9 Å². The van der Waals surface area contributed by atoms with E-state index in [-0.39, 0.29) is 0 Å². The van der Waals surface area contributed by atoms with Gasteiger partial charge in [-0.1, -0.05) is 0 Å². The summed E-state index contributed by atoms with van der Waals surface area (Å²) in [5, 5.41) is 3.21. The van der Waals surface area contributed by atoms with Crippen LogP contribution in [0.15, 0.2) is 6.20 Å². The van der Waals surface area contributed by atoms with E-state index in [0.717, 1.165) is 31.2 Å². The van der Waals surface area contributed by atoms with Crippen LogP contribution in [0.2, 0.25) is 0 Å². The van der Waals surface area contributed by atoms with Gasteiger partial charge in [-0.2, -0.15) is 0 Å². The number of nitrogens with one attached hydrogen (secondary N) is 1. The van der Waals surface area contributed by atoms with Gasteiger partial charge >= 0.3 is 0 Å². The SMILES string of the molecule is NCc1cnc2n1CCCN2. The summed E-state index contributed by atoms with van der Waals surface area (Å²) < 4.78 is 2.14. The molecule has 0 fully saturated rings. The van der Waals surface area contributed by atoms with Gasteiger partial charge in [0, 0.05) is 19.6 Å². The van der Waals surface area contributed by atoms with E-state index in [1.54, 1.807) is 0 Å². The Balaban J connectivity index is 2.38. The van der Waals surface area contributed by atoms with Crippen molar-refractivity contribution >= 4 is 5.95 Å². The highest BCUT2D eigenvalue weighted by atomic mass is 15.2. The molecule has 0 aromatic carbocycles. The fraction of sp³-hybridized carbons (Fsp3) is 0.571. The third-order valence-electron chi connectivity index (χ3n) is 1.99. The number of aromatic nitrogens is 2. The minimum Gasteiger partial charge on any atom is -0.356 e. The van der Waals surface area contributed by atoms with Crippen LogP contribution in [-0.4, -0.2) is 16.1 Å². The molecule has 0 bridgehead atoms. The van der Waals surface area contributed by atoms with Crippen LogP contribution >= 0.6 is 0 Å². The fourth-order valence-corrected chi connectivity index (χ4v) is 1.40. The van der Waals surface area contributed by atoms with E-state index in [4.69, 9.17) is 5.73 Å².